The Morgan fingerprint density at radius 2 is 1.92 bits per heavy atom. The molecule has 0 aliphatic carbocycles. The quantitative estimate of drug-likeness (QED) is 0.358. The number of aliphatic carboxylic acids is 2. The van der Waals surface area contributed by atoms with Crippen molar-refractivity contribution in [3.05, 3.63) is 0 Å². The van der Waals surface area contributed by atoms with E-state index >= 15 is 0 Å². The van der Waals surface area contributed by atoms with Crippen LogP contribution < -0.4 is 5.73 Å². The fourth-order valence-corrected chi connectivity index (χ4v) is 0.530. The molecule has 0 rings (SSSR count). The average Bonchev–Trinajstić information content (AvgIpc) is 1.99. The summed E-state index contributed by atoms with van der Waals surface area (Å²) in [5.74, 6) is -2.70. The van der Waals surface area contributed by atoms with Gasteiger partial charge in [0, 0.05) is 6.42 Å². The van der Waals surface area contributed by atoms with E-state index in [1.807, 2.05) is 0 Å². The molecule has 1 atom stereocenters. The number of carbonyl (C=O) groups excluding carboxylic acids is 1. The second-order valence-electron chi connectivity index (χ2n) is 2.36. The van der Waals surface area contributed by atoms with Crippen LogP contribution in [0.4, 0.5) is 0 Å². The number of nitrogens with two attached hydrogens (primary N) is 1. The van der Waals surface area contributed by atoms with Crippen molar-refractivity contribution < 1.29 is 24.6 Å². The number of carboxylic acids is 2. The molecule has 0 bridgehead atoms. The van der Waals surface area contributed by atoms with Crippen molar-refractivity contribution in [1.82, 2.24) is 0 Å². The van der Waals surface area contributed by atoms with Gasteiger partial charge < -0.3 is 20.7 Å². The number of hydrogen-bond donors (Lipinski definition) is 3. The summed E-state index contributed by atoms with van der Waals surface area (Å²) in [4.78, 5) is 30.5. The Bertz CT molecular complexity index is 214. The summed E-state index contributed by atoms with van der Waals surface area (Å²) in [6, 6.07) is 0. The Hall–Kier alpha value is -1.43. The Morgan fingerprint density at radius 1 is 1.42 bits per heavy atom. The van der Waals surface area contributed by atoms with Crippen LogP contribution in [0.2, 0.25) is 0 Å². The lowest BCUT2D eigenvalue weighted by atomic mass is 9.97. The van der Waals surface area contributed by atoms with Gasteiger partial charge in [0.1, 0.15) is 0 Å². The molecular weight excluding hydrogens is 166 g/mol. The van der Waals surface area contributed by atoms with E-state index in [0.29, 0.717) is 0 Å². The maximum absolute atomic E-state index is 10.3. The lowest BCUT2D eigenvalue weighted by Crippen LogP contribution is -2.49. The Kier molecular flexibility index (Phi) is 3.36. The molecule has 0 spiro atoms. The third-order valence-electron chi connectivity index (χ3n) is 1.36. The maximum atomic E-state index is 10.3. The van der Waals surface area contributed by atoms with Gasteiger partial charge in [-0.2, -0.15) is 0 Å². The van der Waals surface area contributed by atoms with Crippen molar-refractivity contribution >= 4 is 18.2 Å². The van der Waals surface area contributed by atoms with Gasteiger partial charge in [0.05, 0.1) is 0 Å². The van der Waals surface area contributed by atoms with Gasteiger partial charge in [0.25, 0.3) is 0 Å². The zero-order valence-corrected chi connectivity index (χ0v) is 6.19. The fraction of sp³-hybridized carbons (Fsp3) is 0.500. The van der Waals surface area contributed by atoms with Crippen molar-refractivity contribution in [2.24, 2.45) is 5.73 Å². The minimum atomic E-state index is -2.07. The summed E-state index contributed by atoms with van der Waals surface area (Å²) in [6.07, 6.45) is -0.805. The van der Waals surface area contributed by atoms with Gasteiger partial charge in [0.2, 0.25) is 0 Å². The van der Waals surface area contributed by atoms with E-state index < -0.39 is 30.3 Å². The molecular formula is C6H9NO5. The Labute approximate surface area is 68.0 Å². The minimum absolute atomic E-state index is 0.0400. The number of carbonyl (C=O) groups is 3. The summed E-state index contributed by atoms with van der Waals surface area (Å²) in [6.45, 7) is 0. The SMILES string of the molecule is N[C@](C=O)(CCC(=O)O)C(=O)O. The van der Waals surface area contributed by atoms with Gasteiger partial charge in [-0.3, -0.25) is 4.79 Å². The smallest absolute Gasteiger partial charge is 0.331 e. The third-order valence-corrected chi connectivity index (χ3v) is 1.36. The molecule has 0 aliphatic heterocycles. The van der Waals surface area contributed by atoms with Gasteiger partial charge in [-0.05, 0) is 6.42 Å². The van der Waals surface area contributed by atoms with Crippen molar-refractivity contribution in [1.29, 1.82) is 0 Å². The molecule has 0 saturated heterocycles. The van der Waals surface area contributed by atoms with Crippen LogP contribution in [0.5, 0.6) is 0 Å². The Balaban J connectivity index is 4.25. The first-order chi connectivity index (χ1) is 5.42. The monoisotopic (exact) mass is 175 g/mol. The highest BCUT2D eigenvalue weighted by Gasteiger charge is 2.33. The summed E-state index contributed by atoms with van der Waals surface area (Å²) >= 11 is 0. The molecule has 0 saturated carbocycles. The van der Waals surface area contributed by atoms with E-state index in [4.69, 9.17) is 15.9 Å². The normalized spacial score (nSPS) is 14.8. The molecule has 0 radical (unpaired) electrons. The van der Waals surface area contributed by atoms with E-state index in [-0.39, 0.29) is 6.29 Å². The first kappa shape index (κ1) is 10.6. The van der Waals surface area contributed by atoms with Crippen LogP contribution in [0.1, 0.15) is 12.8 Å². The molecule has 0 unspecified atom stereocenters. The highest BCUT2D eigenvalue weighted by atomic mass is 16.4. The van der Waals surface area contributed by atoms with Crippen molar-refractivity contribution in [3.63, 3.8) is 0 Å². The second-order valence-corrected chi connectivity index (χ2v) is 2.36. The van der Waals surface area contributed by atoms with E-state index in [9.17, 15) is 14.4 Å². The molecule has 12 heavy (non-hydrogen) atoms. The fourth-order valence-electron chi connectivity index (χ4n) is 0.530. The Morgan fingerprint density at radius 3 is 2.17 bits per heavy atom. The lowest BCUT2D eigenvalue weighted by molar-refractivity contribution is -0.146. The molecule has 0 fully saturated rings. The number of rotatable bonds is 5. The first-order valence-electron chi connectivity index (χ1n) is 3.13. The van der Waals surface area contributed by atoms with E-state index in [1.54, 1.807) is 0 Å². The minimum Gasteiger partial charge on any atom is -0.481 e. The van der Waals surface area contributed by atoms with E-state index in [2.05, 4.69) is 0 Å². The average molecular weight is 175 g/mol. The van der Waals surface area contributed by atoms with Gasteiger partial charge in [-0.15, -0.1) is 0 Å². The second kappa shape index (κ2) is 3.82. The topological polar surface area (TPSA) is 118 Å². The number of carboxylic acid groups (broad SMARTS) is 2. The van der Waals surface area contributed by atoms with Crippen molar-refractivity contribution in [3.8, 4) is 0 Å². The van der Waals surface area contributed by atoms with E-state index in [0.717, 1.165) is 0 Å². The third kappa shape index (κ3) is 2.67. The van der Waals surface area contributed by atoms with Crippen molar-refractivity contribution in [2.45, 2.75) is 18.4 Å². The molecule has 0 amide bonds. The van der Waals surface area contributed by atoms with Crippen LogP contribution in [-0.4, -0.2) is 34.0 Å². The van der Waals surface area contributed by atoms with Gasteiger partial charge in [-0.25, -0.2) is 4.79 Å². The largest absolute Gasteiger partial charge is 0.481 e. The summed E-state index contributed by atoms with van der Waals surface area (Å²) in [7, 11) is 0. The van der Waals surface area contributed by atoms with Crippen LogP contribution >= 0.6 is 0 Å². The molecule has 0 aliphatic rings. The summed E-state index contributed by atoms with van der Waals surface area (Å²) in [5, 5.41) is 16.6. The first-order valence-corrected chi connectivity index (χ1v) is 3.13. The lowest BCUT2D eigenvalue weighted by Gasteiger charge is -2.15. The molecule has 0 aromatic heterocycles. The van der Waals surface area contributed by atoms with Crippen LogP contribution in [0.15, 0.2) is 0 Å². The zero-order valence-electron chi connectivity index (χ0n) is 6.19. The highest BCUT2D eigenvalue weighted by Crippen LogP contribution is 2.06. The number of hydrogen-bond acceptors (Lipinski definition) is 4. The molecule has 6 nitrogen and oxygen atoms in total. The molecule has 6 heteroatoms. The number of aldehydes is 1. The van der Waals surface area contributed by atoms with Gasteiger partial charge in [0.15, 0.2) is 11.8 Å². The van der Waals surface area contributed by atoms with Crippen LogP contribution in [0.3, 0.4) is 0 Å². The highest BCUT2D eigenvalue weighted by molar-refractivity contribution is 5.97. The van der Waals surface area contributed by atoms with Gasteiger partial charge in [-0.1, -0.05) is 0 Å². The van der Waals surface area contributed by atoms with Crippen molar-refractivity contribution in [2.75, 3.05) is 0 Å². The maximum Gasteiger partial charge on any atom is 0.331 e. The predicted octanol–water partition coefficient (Wildman–Crippen LogP) is -1.17. The molecule has 0 aromatic carbocycles. The molecule has 68 valence electrons. The van der Waals surface area contributed by atoms with Crippen LogP contribution in [0.25, 0.3) is 0 Å². The van der Waals surface area contributed by atoms with Gasteiger partial charge >= 0.3 is 11.9 Å². The van der Waals surface area contributed by atoms with Crippen LogP contribution in [0, 0.1) is 0 Å². The van der Waals surface area contributed by atoms with Crippen LogP contribution in [-0.2, 0) is 14.4 Å². The standard InChI is InChI=1S/C6H9NO5/c7-6(3-8,5(11)12)2-1-4(9)10/h3H,1-2,7H2,(H,9,10)(H,11,12)/t6-/m0/s1. The molecule has 4 N–H and O–H groups in total. The summed E-state index contributed by atoms with van der Waals surface area (Å²) in [5.41, 5.74) is 2.99. The molecule has 0 heterocycles. The zero-order chi connectivity index (χ0) is 9.78. The molecule has 0 aromatic rings. The predicted molar refractivity (Wildman–Crippen MR) is 37.5 cm³/mol. The van der Waals surface area contributed by atoms with E-state index in [1.165, 1.54) is 0 Å². The summed E-state index contributed by atoms with van der Waals surface area (Å²) < 4.78 is 0.